The van der Waals surface area contributed by atoms with E-state index in [9.17, 15) is 0 Å². The van der Waals surface area contributed by atoms with Crippen molar-refractivity contribution in [2.45, 2.75) is 19.4 Å². The monoisotopic (exact) mass is 188 g/mol. The Balaban J connectivity index is 2.46. The van der Waals surface area contributed by atoms with Crippen LogP contribution in [0.5, 0.6) is 0 Å². The third-order valence-corrected chi connectivity index (χ3v) is 2.84. The van der Waals surface area contributed by atoms with Crippen LogP contribution in [0.3, 0.4) is 0 Å². The normalized spacial score (nSPS) is 14.9. The van der Waals surface area contributed by atoms with E-state index in [1.165, 1.54) is 0 Å². The van der Waals surface area contributed by atoms with Gasteiger partial charge >= 0.3 is 0 Å². The highest BCUT2D eigenvalue weighted by molar-refractivity contribution is 5.94. The van der Waals surface area contributed by atoms with Gasteiger partial charge in [0.2, 0.25) is 0 Å². The van der Waals surface area contributed by atoms with Gasteiger partial charge in [0.1, 0.15) is 5.82 Å². The van der Waals surface area contributed by atoms with Crippen LogP contribution in [0.15, 0.2) is 12.1 Å². The molecule has 1 aromatic heterocycles. The molecular weight excluding hydrogens is 176 g/mol. The topological polar surface area (TPSA) is 69.9 Å². The summed E-state index contributed by atoms with van der Waals surface area (Å²) < 4.78 is 2.18. The molecule has 0 saturated carbocycles. The first-order valence-corrected chi connectivity index (χ1v) is 4.80. The molecule has 0 fully saturated rings. The summed E-state index contributed by atoms with van der Waals surface area (Å²) in [4.78, 5) is 4.52. The van der Waals surface area contributed by atoms with Crippen LogP contribution in [0.4, 0.5) is 11.4 Å². The Labute approximate surface area is 81.5 Å². The number of nitrogens with zero attached hydrogens (tertiary/aromatic N) is 2. The van der Waals surface area contributed by atoms with Crippen molar-refractivity contribution in [2.24, 2.45) is 0 Å². The highest BCUT2D eigenvalue weighted by Crippen LogP contribution is 2.30. The Morgan fingerprint density at radius 2 is 2.14 bits per heavy atom. The van der Waals surface area contributed by atoms with E-state index in [1.54, 1.807) is 0 Å². The number of fused-ring (bicyclic) bond motifs is 3. The maximum Gasteiger partial charge on any atom is 0.109 e. The van der Waals surface area contributed by atoms with Gasteiger partial charge in [-0.05, 0) is 18.6 Å². The summed E-state index contributed by atoms with van der Waals surface area (Å²) in [6.45, 7) is 1.01. The lowest BCUT2D eigenvalue weighted by molar-refractivity contribution is 0.772. The Bertz CT molecular complexity index is 512. The first-order valence-electron chi connectivity index (χ1n) is 4.80. The van der Waals surface area contributed by atoms with Crippen molar-refractivity contribution in [3.8, 4) is 0 Å². The third-order valence-electron chi connectivity index (χ3n) is 2.84. The summed E-state index contributed by atoms with van der Waals surface area (Å²) in [5.41, 5.74) is 15.0. The second-order valence-electron chi connectivity index (χ2n) is 3.72. The fourth-order valence-electron chi connectivity index (χ4n) is 2.14. The van der Waals surface area contributed by atoms with Crippen LogP contribution >= 0.6 is 0 Å². The van der Waals surface area contributed by atoms with E-state index < -0.39 is 0 Å². The van der Waals surface area contributed by atoms with Gasteiger partial charge in [-0.25, -0.2) is 4.98 Å². The second-order valence-corrected chi connectivity index (χ2v) is 3.72. The zero-order valence-corrected chi connectivity index (χ0v) is 7.83. The van der Waals surface area contributed by atoms with Gasteiger partial charge in [-0.3, -0.25) is 0 Å². The summed E-state index contributed by atoms with van der Waals surface area (Å²) >= 11 is 0. The van der Waals surface area contributed by atoms with Crippen molar-refractivity contribution >= 4 is 22.4 Å². The van der Waals surface area contributed by atoms with Gasteiger partial charge in [0.05, 0.1) is 22.4 Å². The van der Waals surface area contributed by atoms with Crippen molar-refractivity contribution in [3.05, 3.63) is 18.0 Å². The summed E-state index contributed by atoms with van der Waals surface area (Å²) in [6.07, 6.45) is 2.21. The second kappa shape index (κ2) is 2.41. The van der Waals surface area contributed by atoms with Gasteiger partial charge in [0, 0.05) is 13.0 Å². The van der Waals surface area contributed by atoms with E-state index in [0.717, 1.165) is 36.2 Å². The lowest BCUT2D eigenvalue weighted by Gasteiger charge is -2.04. The maximum absolute atomic E-state index is 5.95. The van der Waals surface area contributed by atoms with E-state index >= 15 is 0 Å². The van der Waals surface area contributed by atoms with Gasteiger partial charge in [-0.1, -0.05) is 0 Å². The molecular formula is C10H12N4. The van der Waals surface area contributed by atoms with Crippen LogP contribution in [0.1, 0.15) is 12.2 Å². The minimum atomic E-state index is 0.645. The maximum atomic E-state index is 5.95. The van der Waals surface area contributed by atoms with E-state index in [0.29, 0.717) is 11.4 Å². The predicted molar refractivity (Wildman–Crippen MR) is 56.9 cm³/mol. The number of nitrogen functional groups attached to an aromatic ring is 2. The minimum absolute atomic E-state index is 0.645. The standard InChI is InChI=1S/C10H12N4/c11-6-3-4-7-10(9(6)12)14-5-1-2-8(14)13-7/h3-4H,1-2,5,11-12H2. The summed E-state index contributed by atoms with van der Waals surface area (Å²) in [5.74, 6) is 1.14. The molecule has 1 aliphatic heterocycles. The summed E-state index contributed by atoms with van der Waals surface area (Å²) in [6, 6.07) is 3.76. The molecule has 2 aromatic rings. The minimum Gasteiger partial charge on any atom is -0.397 e. The van der Waals surface area contributed by atoms with Gasteiger partial charge in [0.15, 0.2) is 0 Å². The molecule has 0 radical (unpaired) electrons. The third kappa shape index (κ3) is 0.801. The highest BCUT2D eigenvalue weighted by atomic mass is 15.1. The number of anilines is 2. The van der Waals surface area contributed by atoms with Crippen molar-refractivity contribution < 1.29 is 0 Å². The number of nitrogens with two attached hydrogens (primary N) is 2. The number of aromatic nitrogens is 2. The lowest BCUT2D eigenvalue weighted by atomic mass is 10.2. The Hall–Kier alpha value is -1.71. The quantitative estimate of drug-likeness (QED) is 0.609. The van der Waals surface area contributed by atoms with E-state index in [4.69, 9.17) is 11.5 Å². The molecule has 4 N–H and O–H groups in total. The van der Waals surface area contributed by atoms with Crippen LogP contribution in [0, 0.1) is 0 Å². The van der Waals surface area contributed by atoms with Crippen LogP contribution in [0.2, 0.25) is 0 Å². The first-order chi connectivity index (χ1) is 6.77. The SMILES string of the molecule is Nc1ccc2nc3n(c2c1N)CCC3. The summed E-state index contributed by atoms with van der Waals surface area (Å²) in [7, 11) is 0. The highest BCUT2D eigenvalue weighted by Gasteiger charge is 2.18. The molecule has 14 heavy (non-hydrogen) atoms. The van der Waals surface area contributed by atoms with Crippen molar-refractivity contribution in [3.63, 3.8) is 0 Å². The molecule has 3 rings (SSSR count). The molecule has 4 heteroatoms. The Kier molecular flexibility index (Phi) is 1.32. The molecule has 0 aliphatic carbocycles. The molecule has 0 saturated heterocycles. The molecule has 0 atom stereocenters. The number of aryl methyl sites for hydroxylation is 2. The van der Waals surface area contributed by atoms with Crippen LogP contribution in [0.25, 0.3) is 11.0 Å². The van der Waals surface area contributed by atoms with Gasteiger partial charge in [-0.2, -0.15) is 0 Å². The van der Waals surface area contributed by atoms with Gasteiger partial charge < -0.3 is 16.0 Å². The van der Waals surface area contributed by atoms with Crippen LogP contribution in [-0.4, -0.2) is 9.55 Å². The fourth-order valence-corrected chi connectivity index (χ4v) is 2.14. The number of hydrogen-bond donors (Lipinski definition) is 2. The van der Waals surface area contributed by atoms with Gasteiger partial charge in [-0.15, -0.1) is 0 Å². The van der Waals surface area contributed by atoms with E-state index in [1.807, 2.05) is 12.1 Å². The molecule has 4 nitrogen and oxygen atoms in total. The number of imidazole rings is 1. The Morgan fingerprint density at radius 1 is 1.29 bits per heavy atom. The van der Waals surface area contributed by atoms with Crippen LogP contribution < -0.4 is 11.5 Å². The first kappa shape index (κ1) is 7.67. The molecule has 0 spiro atoms. The molecule has 0 unspecified atom stereocenters. The van der Waals surface area contributed by atoms with Gasteiger partial charge in [0.25, 0.3) is 0 Å². The lowest BCUT2D eigenvalue weighted by Crippen LogP contribution is -1.99. The molecule has 1 aliphatic rings. The van der Waals surface area contributed by atoms with Crippen molar-refractivity contribution in [2.75, 3.05) is 11.5 Å². The van der Waals surface area contributed by atoms with Crippen LogP contribution in [-0.2, 0) is 13.0 Å². The number of benzene rings is 1. The predicted octanol–water partition coefficient (Wildman–Crippen LogP) is 1.15. The smallest absolute Gasteiger partial charge is 0.109 e. The largest absolute Gasteiger partial charge is 0.397 e. The molecule has 0 bridgehead atoms. The molecule has 2 heterocycles. The average Bonchev–Trinajstić information content (AvgIpc) is 2.70. The van der Waals surface area contributed by atoms with Crippen molar-refractivity contribution in [1.29, 1.82) is 0 Å². The van der Waals surface area contributed by atoms with E-state index in [-0.39, 0.29) is 0 Å². The average molecular weight is 188 g/mol. The molecule has 1 aromatic carbocycles. The van der Waals surface area contributed by atoms with Crippen molar-refractivity contribution in [1.82, 2.24) is 9.55 Å². The molecule has 0 amide bonds. The zero-order chi connectivity index (χ0) is 9.71. The zero-order valence-electron chi connectivity index (χ0n) is 7.83. The Morgan fingerprint density at radius 3 is 3.00 bits per heavy atom. The summed E-state index contributed by atoms with van der Waals surface area (Å²) in [5, 5.41) is 0. The fraction of sp³-hybridized carbons (Fsp3) is 0.300. The number of hydrogen-bond acceptors (Lipinski definition) is 3. The molecule has 72 valence electrons. The van der Waals surface area contributed by atoms with E-state index in [2.05, 4.69) is 9.55 Å². The number of rotatable bonds is 0.